The van der Waals surface area contributed by atoms with Gasteiger partial charge in [0.25, 0.3) is 0 Å². The van der Waals surface area contributed by atoms with Gasteiger partial charge in [0.1, 0.15) is 6.61 Å². The topological polar surface area (TPSA) is 72.5 Å². The summed E-state index contributed by atoms with van der Waals surface area (Å²) in [5.74, 6) is -0.0478. The predicted molar refractivity (Wildman–Crippen MR) is 99.5 cm³/mol. The van der Waals surface area contributed by atoms with E-state index in [1.54, 1.807) is 12.1 Å². The van der Waals surface area contributed by atoms with Crippen LogP contribution in [0, 0.1) is 5.92 Å². The lowest BCUT2D eigenvalue weighted by Crippen LogP contribution is -2.49. The summed E-state index contributed by atoms with van der Waals surface area (Å²) in [7, 11) is -3.47. The molecule has 3 rings (SSSR count). The fourth-order valence-electron chi connectivity index (χ4n) is 3.35. The maximum absolute atomic E-state index is 12.9. The zero-order valence-electron chi connectivity index (χ0n) is 14.9. The average Bonchev–Trinajstić information content (AvgIpc) is 2.90. The second-order valence-electron chi connectivity index (χ2n) is 6.87. The van der Waals surface area contributed by atoms with Gasteiger partial charge in [-0.3, -0.25) is 0 Å². The van der Waals surface area contributed by atoms with E-state index in [0.717, 1.165) is 11.1 Å². The van der Waals surface area contributed by atoms with Crippen LogP contribution in [0.4, 0.5) is 4.79 Å². The number of carbonyl (C=O) groups excluding carboxylic acids is 1. The van der Waals surface area contributed by atoms with E-state index in [4.69, 9.17) is 4.74 Å². The maximum Gasteiger partial charge on any atom is 0.407 e. The highest BCUT2D eigenvalue weighted by atomic mass is 32.2. The Labute approximate surface area is 154 Å². The highest BCUT2D eigenvalue weighted by molar-refractivity contribution is 7.92. The Balaban J connectivity index is 1.71. The first-order valence-corrected chi connectivity index (χ1v) is 10.2. The molecule has 26 heavy (non-hydrogen) atoms. The molecule has 138 valence electrons. The minimum atomic E-state index is -3.47. The number of sulfone groups is 1. The SMILES string of the molecule is CC(C)C(NC(=O)OCc1ccccc1)C1Cc2ccccc2S1(=O)=O. The van der Waals surface area contributed by atoms with E-state index < -0.39 is 27.2 Å². The summed E-state index contributed by atoms with van der Waals surface area (Å²) in [6, 6.07) is 15.9. The molecular formula is C20H23NO4S. The highest BCUT2D eigenvalue weighted by Gasteiger charge is 2.43. The third kappa shape index (κ3) is 3.75. The molecule has 0 aromatic heterocycles. The van der Waals surface area contributed by atoms with Crippen LogP contribution in [0.2, 0.25) is 0 Å². The van der Waals surface area contributed by atoms with Gasteiger partial charge in [-0.05, 0) is 29.5 Å². The van der Waals surface area contributed by atoms with Crippen molar-refractivity contribution >= 4 is 15.9 Å². The molecule has 1 aliphatic heterocycles. The van der Waals surface area contributed by atoms with Crippen molar-refractivity contribution in [2.75, 3.05) is 0 Å². The van der Waals surface area contributed by atoms with Crippen molar-refractivity contribution in [1.82, 2.24) is 5.32 Å². The quantitative estimate of drug-likeness (QED) is 0.872. The molecule has 0 saturated carbocycles. The number of rotatable bonds is 5. The third-order valence-electron chi connectivity index (χ3n) is 4.71. The summed E-state index contributed by atoms with van der Waals surface area (Å²) in [5.41, 5.74) is 1.69. The number of amides is 1. The predicted octanol–water partition coefficient (Wildman–Crippen LogP) is 3.34. The van der Waals surface area contributed by atoms with Crippen molar-refractivity contribution in [3.05, 3.63) is 65.7 Å². The molecule has 6 heteroatoms. The van der Waals surface area contributed by atoms with Crippen molar-refractivity contribution in [3.63, 3.8) is 0 Å². The zero-order chi connectivity index (χ0) is 18.7. The molecule has 0 spiro atoms. The summed E-state index contributed by atoms with van der Waals surface area (Å²) in [4.78, 5) is 12.6. The Morgan fingerprint density at radius 1 is 1.12 bits per heavy atom. The molecule has 1 N–H and O–H groups in total. The molecule has 1 aliphatic rings. The number of ether oxygens (including phenoxy) is 1. The summed E-state index contributed by atoms with van der Waals surface area (Å²) >= 11 is 0. The van der Waals surface area contributed by atoms with E-state index >= 15 is 0 Å². The molecule has 2 atom stereocenters. The number of carbonyl (C=O) groups is 1. The van der Waals surface area contributed by atoms with Gasteiger partial charge in [-0.15, -0.1) is 0 Å². The van der Waals surface area contributed by atoms with E-state index in [2.05, 4.69) is 5.32 Å². The zero-order valence-corrected chi connectivity index (χ0v) is 15.7. The minimum absolute atomic E-state index is 0.0478. The smallest absolute Gasteiger partial charge is 0.407 e. The summed E-state index contributed by atoms with van der Waals surface area (Å²) in [6.45, 7) is 3.95. The van der Waals surface area contributed by atoms with Crippen LogP contribution in [0.15, 0.2) is 59.5 Å². The Morgan fingerprint density at radius 2 is 1.77 bits per heavy atom. The molecule has 1 heterocycles. The molecule has 0 bridgehead atoms. The van der Waals surface area contributed by atoms with Gasteiger partial charge in [-0.1, -0.05) is 62.4 Å². The molecule has 0 radical (unpaired) electrons. The fraction of sp³-hybridized carbons (Fsp3) is 0.350. The first kappa shape index (κ1) is 18.5. The molecule has 0 fully saturated rings. The molecule has 2 unspecified atom stereocenters. The molecule has 0 aliphatic carbocycles. The van der Waals surface area contributed by atoms with Crippen molar-refractivity contribution in [2.45, 2.75) is 43.1 Å². The van der Waals surface area contributed by atoms with Gasteiger partial charge in [0.05, 0.1) is 16.2 Å². The van der Waals surface area contributed by atoms with E-state index in [0.29, 0.717) is 11.3 Å². The number of benzene rings is 2. The van der Waals surface area contributed by atoms with E-state index in [-0.39, 0.29) is 12.5 Å². The van der Waals surface area contributed by atoms with Gasteiger partial charge < -0.3 is 10.1 Å². The number of nitrogens with one attached hydrogen (secondary N) is 1. The Kier molecular flexibility index (Phi) is 5.32. The van der Waals surface area contributed by atoms with E-state index in [1.807, 2.05) is 56.3 Å². The number of alkyl carbamates (subject to hydrolysis) is 1. The molecule has 2 aromatic rings. The van der Waals surface area contributed by atoms with Crippen LogP contribution in [0.1, 0.15) is 25.0 Å². The lowest BCUT2D eigenvalue weighted by Gasteiger charge is -2.27. The van der Waals surface area contributed by atoms with Gasteiger partial charge in [0.2, 0.25) is 0 Å². The van der Waals surface area contributed by atoms with Crippen LogP contribution in [-0.4, -0.2) is 25.8 Å². The second-order valence-corrected chi connectivity index (χ2v) is 9.01. The van der Waals surface area contributed by atoms with E-state index in [1.165, 1.54) is 0 Å². The number of fused-ring (bicyclic) bond motifs is 1. The summed E-state index contributed by atoms with van der Waals surface area (Å²) in [6.07, 6.45) is -0.195. The Morgan fingerprint density at radius 3 is 2.42 bits per heavy atom. The van der Waals surface area contributed by atoms with E-state index in [9.17, 15) is 13.2 Å². The van der Waals surface area contributed by atoms with Crippen LogP contribution in [-0.2, 0) is 27.6 Å². The van der Waals surface area contributed by atoms with Crippen LogP contribution in [0.5, 0.6) is 0 Å². The van der Waals surface area contributed by atoms with Gasteiger partial charge in [0.15, 0.2) is 9.84 Å². The van der Waals surface area contributed by atoms with Crippen LogP contribution in [0.25, 0.3) is 0 Å². The van der Waals surface area contributed by atoms with Crippen molar-refractivity contribution in [1.29, 1.82) is 0 Å². The maximum atomic E-state index is 12.9. The number of hydrogen-bond acceptors (Lipinski definition) is 4. The number of hydrogen-bond donors (Lipinski definition) is 1. The highest BCUT2D eigenvalue weighted by Crippen LogP contribution is 2.34. The Bertz CT molecular complexity index is 878. The van der Waals surface area contributed by atoms with Crippen molar-refractivity contribution in [3.8, 4) is 0 Å². The molecule has 0 saturated heterocycles. The van der Waals surface area contributed by atoms with Gasteiger partial charge >= 0.3 is 6.09 Å². The lowest BCUT2D eigenvalue weighted by atomic mass is 9.96. The van der Waals surface area contributed by atoms with Gasteiger partial charge in [-0.2, -0.15) is 0 Å². The molecule has 5 nitrogen and oxygen atoms in total. The van der Waals surface area contributed by atoms with Crippen molar-refractivity contribution < 1.29 is 17.9 Å². The van der Waals surface area contributed by atoms with Gasteiger partial charge in [-0.25, -0.2) is 13.2 Å². The fourth-order valence-corrected chi connectivity index (χ4v) is 5.63. The molecule has 1 amide bonds. The second kappa shape index (κ2) is 7.50. The van der Waals surface area contributed by atoms with Crippen LogP contribution in [0.3, 0.4) is 0 Å². The van der Waals surface area contributed by atoms with Crippen LogP contribution >= 0.6 is 0 Å². The minimum Gasteiger partial charge on any atom is -0.445 e. The largest absolute Gasteiger partial charge is 0.445 e. The third-order valence-corrected chi connectivity index (χ3v) is 6.98. The van der Waals surface area contributed by atoms with Gasteiger partial charge in [0, 0.05) is 0 Å². The first-order chi connectivity index (χ1) is 12.4. The average molecular weight is 373 g/mol. The van der Waals surface area contributed by atoms with Crippen molar-refractivity contribution in [2.24, 2.45) is 5.92 Å². The molecular weight excluding hydrogens is 350 g/mol. The summed E-state index contributed by atoms with van der Waals surface area (Å²) < 4.78 is 31.1. The Hall–Kier alpha value is -2.34. The monoisotopic (exact) mass is 373 g/mol. The molecule has 2 aromatic carbocycles. The van der Waals surface area contributed by atoms with Crippen LogP contribution < -0.4 is 5.32 Å². The first-order valence-electron chi connectivity index (χ1n) is 8.68. The lowest BCUT2D eigenvalue weighted by molar-refractivity contribution is 0.132. The summed E-state index contributed by atoms with van der Waals surface area (Å²) in [5, 5.41) is 2.10. The standard InChI is InChI=1S/C20H23NO4S/c1-14(2)19(21-20(22)25-13-15-8-4-3-5-9-15)18-12-16-10-6-7-11-17(16)26(18,23)24/h3-11,14,18-19H,12-13H2,1-2H3,(H,21,22). The normalized spacial score (nSPS) is 19.0.